The van der Waals surface area contributed by atoms with E-state index in [9.17, 15) is 9.59 Å². The first-order valence-electron chi connectivity index (χ1n) is 12.2. The number of aromatic amines is 1. The molecule has 0 fully saturated rings. The number of aromatic nitrogens is 4. The van der Waals surface area contributed by atoms with Crippen LogP contribution in [-0.4, -0.2) is 58.7 Å². The summed E-state index contributed by atoms with van der Waals surface area (Å²) in [6.07, 6.45) is 1.19. The van der Waals surface area contributed by atoms with Crippen LogP contribution in [0.2, 0.25) is 0 Å². The highest BCUT2D eigenvalue weighted by atomic mass is 16.5. The Hall–Kier alpha value is -4.31. The Morgan fingerprint density at radius 2 is 2.00 bits per heavy atom. The molecule has 0 radical (unpaired) electrons. The summed E-state index contributed by atoms with van der Waals surface area (Å²) in [5, 5.41) is 22.2. The van der Waals surface area contributed by atoms with E-state index >= 15 is 0 Å². The van der Waals surface area contributed by atoms with Gasteiger partial charge in [-0.25, -0.2) is 0 Å². The standard InChI is InChI=1S/C27H29N7O3/c1-16(28-2)26(35)29-22-13-11-17-7-4-5-10-23(17)34(27(22)36)15-21-18-8-6-9-20(25-30-32-33-31-25)19(18)12-14-24(21)37-3/h4-10,12,14,16,22,28H,11,13,15H2,1-3H3,(H,29,35)(H,30,31,32,33)/t16-,22-/m0/s1. The van der Waals surface area contributed by atoms with Crippen molar-refractivity contribution in [3.05, 3.63) is 65.7 Å². The number of benzene rings is 3. The Labute approximate surface area is 214 Å². The van der Waals surface area contributed by atoms with Gasteiger partial charge in [0, 0.05) is 16.8 Å². The Morgan fingerprint density at radius 1 is 1.16 bits per heavy atom. The molecule has 10 nitrogen and oxygen atoms in total. The number of nitrogens with one attached hydrogen (secondary N) is 3. The number of carbonyl (C=O) groups excluding carboxylic acids is 2. The lowest BCUT2D eigenvalue weighted by Crippen LogP contribution is -2.52. The molecule has 0 aliphatic carbocycles. The van der Waals surface area contributed by atoms with Crippen LogP contribution in [0.25, 0.3) is 22.2 Å². The number of aryl methyl sites for hydroxylation is 1. The van der Waals surface area contributed by atoms with Crippen molar-refractivity contribution >= 4 is 28.3 Å². The van der Waals surface area contributed by atoms with Gasteiger partial charge in [0.25, 0.3) is 0 Å². The van der Waals surface area contributed by atoms with Crippen LogP contribution in [0.15, 0.2) is 54.6 Å². The molecule has 37 heavy (non-hydrogen) atoms. The van der Waals surface area contributed by atoms with Gasteiger partial charge in [-0.2, -0.15) is 5.21 Å². The van der Waals surface area contributed by atoms with E-state index in [4.69, 9.17) is 4.74 Å². The zero-order chi connectivity index (χ0) is 25.9. The average Bonchev–Trinajstić information content (AvgIpc) is 3.43. The van der Waals surface area contributed by atoms with Crippen LogP contribution in [0.4, 0.5) is 5.69 Å². The van der Waals surface area contributed by atoms with Gasteiger partial charge in [0.2, 0.25) is 17.6 Å². The third kappa shape index (κ3) is 4.63. The Balaban J connectivity index is 1.60. The molecule has 1 aliphatic rings. The number of anilines is 1. The van der Waals surface area contributed by atoms with Crippen molar-refractivity contribution in [2.45, 2.75) is 38.4 Å². The second-order valence-corrected chi connectivity index (χ2v) is 9.05. The first kappa shape index (κ1) is 24.4. The quantitative estimate of drug-likeness (QED) is 0.357. The van der Waals surface area contributed by atoms with Crippen molar-refractivity contribution in [1.29, 1.82) is 0 Å². The molecule has 0 unspecified atom stereocenters. The number of fused-ring (bicyclic) bond motifs is 2. The van der Waals surface area contributed by atoms with Crippen molar-refractivity contribution in [2.75, 3.05) is 19.1 Å². The first-order chi connectivity index (χ1) is 18.0. The number of likely N-dealkylation sites (N-methyl/N-ethyl adjacent to an activating group) is 1. The highest BCUT2D eigenvalue weighted by Crippen LogP contribution is 2.36. The van der Waals surface area contributed by atoms with E-state index in [-0.39, 0.29) is 18.4 Å². The maximum Gasteiger partial charge on any atom is 0.249 e. The summed E-state index contributed by atoms with van der Waals surface area (Å²) in [4.78, 5) is 28.4. The molecule has 3 N–H and O–H groups in total. The van der Waals surface area contributed by atoms with Crippen molar-refractivity contribution in [3.63, 3.8) is 0 Å². The van der Waals surface area contributed by atoms with E-state index in [1.165, 1.54) is 0 Å². The summed E-state index contributed by atoms with van der Waals surface area (Å²) >= 11 is 0. The van der Waals surface area contributed by atoms with Crippen LogP contribution in [0.3, 0.4) is 0 Å². The molecule has 4 aromatic rings. The monoisotopic (exact) mass is 499 g/mol. The Morgan fingerprint density at radius 3 is 2.76 bits per heavy atom. The number of nitrogens with zero attached hydrogens (tertiary/aromatic N) is 4. The molecule has 0 bridgehead atoms. The summed E-state index contributed by atoms with van der Waals surface area (Å²) in [6.45, 7) is 2.03. The van der Waals surface area contributed by atoms with Gasteiger partial charge < -0.3 is 20.3 Å². The summed E-state index contributed by atoms with van der Waals surface area (Å²) in [6, 6.07) is 16.5. The Kier molecular flexibility index (Phi) is 6.82. The minimum atomic E-state index is -0.647. The highest BCUT2D eigenvalue weighted by Gasteiger charge is 2.33. The van der Waals surface area contributed by atoms with E-state index in [2.05, 4.69) is 31.3 Å². The van der Waals surface area contributed by atoms with Gasteiger partial charge in [-0.1, -0.05) is 36.4 Å². The number of para-hydroxylation sites is 1. The van der Waals surface area contributed by atoms with E-state index in [1.807, 2.05) is 54.6 Å². The van der Waals surface area contributed by atoms with Gasteiger partial charge in [0.05, 0.1) is 19.7 Å². The van der Waals surface area contributed by atoms with Crippen LogP contribution in [0.5, 0.6) is 5.75 Å². The molecule has 3 aromatic carbocycles. The third-order valence-electron chi connectivity index (χ3n) is 6.94. The number of hydrogen-bond donors (Lipinski definition) is 3. The lowest BCUT2D eigenvalue weighted by molar-refractivity contribution is -0.128. The molecule has 2 atom stereocenters. The minimum Gasteiger partial charge on any atom is -0.496 e. The average molecular weight is 500 g/mol. The minimum absolute atomic E-state index is 0.157. The lowest BCUT2D eigenvalue weighted by atomic mass is 9.98. The van der Waals surface area contributed by atoms with Gasteiger partial charge in [0.15, 0.2) is 0 Å². The zero-order valence-corrected chi connectivity index (χ0v) is 21.0. The number of hydrogen-bond acceptors (Lipinski definition) is 7. The molecular formula is C27H29N7O3. The molecule has 2 amide bonds. The van der Waals surface area contributed by atoms with Crippen molar-refractivity contribution in [1.82, 2.24) is 31.3 Å². The molecule has 2 heterocycles. The fourth-order valence-corrected chi connectivity index (χ4v) is 4.82. The number of carbonyl (C=O) groups is 2. The first-order valence-corrected chi connectivity index (χ1v) is 12.2. The lowest BCUT2D eigenvalue weighted by Gasteiger charge is -2.28. The molecule has 1 aliphatic heterocycles. The summed E-state index contributed by atoms with van der Waals surface area (Å²) in [5.74, 6) is 0.783. The maximum absolute atomic E-state index is 14.0. The van der Waals surface area contributed by atoms with Crippen LogP contribution in [0, 0.1) is 0 Å². The SMILES string of the molecule is CN[C@@H](C)C(=O)N[C@H]1CCc2ccccc2N(Cc2c(OC)ccc3c(-c4nn[nH]n4)cccc23)C1=O. The van der Waals surface area contributed by atoms with Crippen LogP contribution < -0.4 is 20.3 Å². The van der Waals surface area contributed by atoms with Crippen molar-refractivity contribution in [2.24, 2.45) is 0 Å². The number of H-pyrrole nitrogens is 1. The number of ether oxygens (including phenoxy) is 1. The smallest absolute Gasteiger partial charge is 0.249 e. The molecule has 10 heteroatoms. The normalized spacial score (nSPS) is 16.2. The number of tetrazole rings is 1. The van der Waals surface area contributed by atoms with Crippen molar-refractivity contribution in [3.8, 4) is 17.1 Å². The fourth-order valence-electron chi connectivity index (χ4n) is 4.82. The largest absolute Gasteiger partial charge is 0.496 e. The Bertz CT molecular complexity index is 1440. The summed E-state index contributed by atoms with van der Waals surface area (Å²) < 4.78 is 5.75. The van der Waals surface area contributed by atoms with Gasteiger partial charge in [0.1, 0.15) is 11.8 Å². The molecule has 190 valence electrons. The maximum atomic E-state index is 14.0. The number of rotatable bonds is 7. The van der Waals surface area contributed by atoms with Crippen LogP contribution in [0.1, 0.15) is 24.5 Å². The van der Waals surface area contributed by atoms with E-state index in [0.29, 0.717) is 24.4 Å². The van der Waals surface area contributed by atoms with Crippen LogP contribution >= 0.6 is 0 Å². The van der Waals surface area contributed by atoms with Crippen LogP contribution in [-0.2, 0) is 22.6 Å². The number of amides is 2. The number of methoxy groups -OCH3 is 1. The van der Waals surface area contributed by atoms with E-state index in [0.717, 1.165) is 33.2 Å². The molecule has 1 aromatic heterocycles. The van der Waals surface area contributed by atoms with E-state index < -0.39 is 12.1 Å². The topological polar surface area (TPSA) is 125 Å². The molecular weight excluding hydrogens is 470 g/mol. The molecule has 0 saturated heterocycles. The molecule has 0 saturated carbocycles. The van der Waals surface area contributed by atoms with Gasteiger partial charge in [-0.15, -0.1) is 10.2 Å². The second kappa shape index (κ2) is 10.4. The van der Waals surface area contributed by atoms with Gasteiger partial charge in [-0.3, -0.25) is 9.59 Å². The van der Waals surface area contributed by atoms with Crippen molar-refractivity contribution < 1.29 is 14.3 Å². The molecule has 0 spiro atoms. The second-order valence-electron chi connectivity index (χ2n) is 9.05. The molecule has 5 rings (SSSR count). The van der Waals surface area contributed by atoms with Gasteiger partial charge in [-0.05, 0) is 66.6 Å². The zero-order valence-electron chi connectivity index (χ0n) is 21.0. The predicted molar refractivity (Wildman–Crippen MR) is 140 cm³/mol. The summed E-state index contributed by atoms with van der Waals surface area (Å²) in [5.41, 5.74) is 3.56. The third-order valence-corrected chi connectivity index (χ3v) is 6.94. The van der Waals surface area contributed by atoms with Gasteiger partial charge >= 0.3 is 0 Å². The fraction of sp³-hybridized carbons (Fsp3) is 0.296. The predicted octanol–water partition coefficient (Wildman–Crippen LogP) is 2.60. The summed E-state index contributed by atoms with van der Waals surface area (Å²) in [7, 11) is 3.34. The van der Waals surface area contributed by atoms with E-state index in [1.54, 1.807) is 26.0 Å². The highest BCUT2D eigenvalue weighted by molar-refractivity contribution is 6.03.